The van der Waals surface area contributed by atoms with Crippen molar-refractivity contribution in [3.05, 3.63) is 28.8 Å². The zero-order chi connectivity index (χ0) is 13.0. The highest BCUT2D eigenvalue weighted by Crippen LogP contribution is 2.29. The number of hydrogen-bond donors (Lipinski definition) is 1. The minimum Gasteiger partial charge on any atom is -0.381 e. The number of rotatable bonds is 2. The number of nitrogens with zero attached hydrogens (tertiary/aromatic N) is 1. The van der Waals surface area contributed by atoms with Gasteiger partial charge in [0.2, 0.25) is 0 Å². The Morgan fingerprint density at radius 2 is 2.06 bits per heavy atom. The summed E-state index contributed by atoms with van der Waals surface area (Å²) in [5, 5.41) is 13.2. The number of nitriles is 1. The molecule has 2 atom stereocenters. The molecule has 96 valence electrons. The second kappa shape index (κ2) is 6.11. The highest BCUT2D eigenvalue weighted by atomic mass is 35.5. The topological polar surface area (TPSA) is 35.8 Å². The average Bonchev–Trinajstić information content (AvgIpc) is 2.55. The molecule has 1 aromatic carbocycles. The standard InChI is InChI=1S/C15H19ClN2/c1-11-6-3-2-4-8-14(11)18-15-9-5-7-13(16)12(15)10-17/h5,7,9,11,14,18H,2-4,6,8H2,1H3. The molecule has 0 saturated heterocycles. The molecule has 1 aromatic rings. The van der Waals surface area contributed by atoms with Gasteiger partial charge >= 0.3 is 0 Å². The Hall–Kier alpha value is -1.20. The Labute approximate surface area is 114 Å². The zero-order valence-electron chi connectivity index (χ0n) is 10.7. The van der Waals surface area contributed by atoms with Gasteiger partial charge in [-0.15, -0.1) is 0 Å². The van der Waals surface area contributed by atoms with Gasteiger partial charge in [0.15, 0.2) is 0 Å². The van der Waals surface area contributed by atoms with Crippen molar-refractivity contribution < 1.29 is 0 Å². The fourth-order valence-corrected chi connectivity index (χ4v) is 2.88. The lowest BCUT2D eigenvalue weighted by Gasteiger charge is -2.24. The minimum absolute atomic E-state index is 0.457. The molecular formula is C15H19ClN2. The van der Waals surface area contributed by atoms with E-state index in [1.807, 2.05) is 12.1 Å². The molecule has 1 fully saturated rings. The second-order valence-corrected chi connectivity index (χ2v) is 5.55. The van der Waals surface area contributed by atoms with Crippen LogP contribution in [0.2, 0.25) is 5.02 Å². The van der Waals surface area contributed by atoms with Crippen LogP contribution in [0, 0.1) is 17.2 Å². The van der Waals surface area contributed by atoms with E-state index in [9.17, 15) is 5.26 Å². The first-order valence-electron chi connectivity index (χ1n) is 6.67. The maximum atomic E-state index is 9.18. The predicted octanol–water partition coefficient (Wildman–Crippen LogP) is 4.59. The molecule has 3 heteroatoms. The fourth-order valence-electron chi connectivity index (χ4n) is 2.67. The van der Waals surface area contributed by atoms with Crippen molar-refractivity contribution in [1.29, 1.82) is 5.26 Å². The first kappa shape index (κ1) is 13.2. The number of nitrogens with one attached hydrogen (secondary N) is 1. The quantitative estimate of drug-likeness (QED) is 0.791. The highest BCUT2D eigenvalue weighted by Gasteiger charge is 2.20. The van der Waals surface area contributed by atoms with Crippen LogP contribution >= 0.6 is 11.6 Å². The van der Waals surface area contributed by atoms with Gasteiger partial charge in [-0.1, -0.05) is 43.9 Å². The molecule has 0 aromatic heterocycles. The number of hydrogen-bond acceptors (Lipinski definition) is 2. The molecular weight excluding hydrogens is 244 g/mol. The van der Waals surface area contributed by atoms with Crippen LogP contribution in [0.4, 0.5) is 5.69 Å². The monoisotopic (exact) mass is 262 g/mol. The molecule has 0 amide bonds. The van der Waals surface area contributed by atoms with Crippen LogP contribution in [0.1, 0.15) is 44.6 Å². The Bertz CT molecular complexity index is 450. The van der Waals surface area contributed by atoms with Crippen LogP contribution in [0.3, 0.4) is 0 Å². The third kappa shape index (κ3) is 2.97. The van der Waals surface area contributed by atoms with E-state index in [2.05, 4.69) is 18.3 Å². The first-order chi connectivity index (χ1) is 8.72. The Balaban J connectivity index is 2.18. The lowest BCUT2D eigenvalue weighted by atomic mass is 9.96. The molecule has 18 heavy (non-hydrogen) atoms. The maximum absolute atomic E-state index is 9.18. The summed E-state index contributed by atoms with van der Waals surface area (Å²) in [7, 11) is 0. The van der Waals surface area contributed by atoms with Crippen LogP contribution in [0.5, 0.6) is 0 Å². The number of benzene rings is 1. The van der Waals surface area contributed by atoms with Gasteiger partial charge in [0.05, 0.1) is 16.3 Å². The number of anilines is 1. The summed E-state index contributed by atoms with van der Waals surface area (Å²) in [6.07, 6.45) is 6.35. The highest BCUT2D eigenvalue weighted by molar-refractivity contribution is 6.32. The Morgan fingerprint density at radius 1 is 1.28 bits per heavy atom. The van der Waals surface area contributed by atoms with Crippen LogP contribution in [-0.4, -0.2) is 6.04 Å². The van der Waals surface area contributed by atoms with E-state index >= 15 is 0 Å². The summed E-state index contributed by atoms with van der Waals surface area (Å²) in [5.41, 5.74) is 1.44. The van der Waals surface area contributed by atoms with Crippen LogP contribution in [0.15, 0.2) is 18.2 Å². The van der Waals surface area contributed by atoms with E-state index in [0.717, 1.165) is 5.69 Å². The third-order valence-electron chi connectivity index (χ3n) is 3.83. The van der Waals surface area contributed by atoms with E-state index in [1.54, 1.807) is 6.07 Å². The first-order valence-corrected chi connectivity index (χ1v) is 7.05. The third-order valence-corrected chi connectivity index (χ3v) is 4.14. The van der Waals surface area contributed by atoms with Crippen molar-refractivity contribution in [3.63, 3.8) is 0 Å². The summed E-state index contributed by atoms with van der Waals surface area (Å²) < 4.78 is 0. The summed E-state index contributed by atoms with van der Waals surface area (Å²) in [6, 6.07) is 8.25. The summed E-state index contributed by atoms with van der Waals surface area (Å²) in [5.74, 6) is 0.651. The van der Waals surface area contributed by atoms with Crippen molar-refractivity contribution in [2.24, 2.45) is 5.92 Å². The summed E-state index contributed by atoms with van der Waals surface area (Å²) >= 11 is 6.05. The molecule has 2 nitrogen and oxygen atoms in total. The molecule has 0 aliphatic heterocycles. The number of halogens is 1. The van der Waals surface area contributed by atoms with Gasteiger partial charge in [0, 0.05) is 6.04 Å². The molecule has 1 saturated carbocycles. The molecule has 2 unspecified atom stereocenters. The van der Waals surface area contributed by atoms with Gasteiger partial charge in [-0.3, -0.25) is 0 Å². The minimum atomic E-state index is 0.457. The molecule has 0 bridgehead atoms. The molecule has 0 radical (unpaired) electrons. The van der Waals surface area contributed by atoms with E-state index in [-0.39, 0.29) is 0 Å². The normalized spacial score (nSPS) is 24.1. The predicted molar refractivity (Wildman–Crippen MR) is 75.8 cm³/mol. The smallest absolute Gasteiger partial charge is 0.103 e. The summed E-state index contributed by atoms with van der Waals surface area (Å²) in [4.78, 5) is 0. The second-order valence-electron chi connectivity index (χ2n) is 5.14. The van der Waals surface area contributed by atoms with Crippen LogP contribution in [-0.2, 0) is 0 Å². The zero-order valence-corrected chi connectivity index (χ0v) is 11.5. The van der Waals surface area contributed by atoms with Crippen molar-refractivity contribution >= 4 is 17.3 Å². The lowest BCUT2D eigenvalue weighted by Crippen LogP contribution is -2.26. The molecule has 2 rings (SSSR count). The molecule has 1 N–H and O–H groups in total. The summed E-state index contributed by atoms with van der Waals surface area (Å²) in [6.45, 7) is 2.29. The molecule has 0 heterocycles. The maximum Gasteiger partial charge on any atom is 0.103 e. The van der Waals surface area contributed by atoms with Gasteiger partial charge in [-0.25, -0.2) is 0 Å². The van der Waals surface area contributed by atoms with Gasteiger partial charge in [0.25, 0.3) is 0 Å². The van der Waals surface area contributed by atoms with E-state index in [1.165, 1.54) is 32.1 Å². The SMILES string of the molecule is CC1CCCCCC1Nc1cccc(Cl)c1C#N. The van der Waals surface area contributed by atoms with Crippen molar-refractivity contribution in [3.8, 4) is 6.07 Å². The van der Waals surface area contributed by atoms with Gasteiger partial charge in [-0.2, -0.15) is 5.26 Å². The van der Waals surface area contributed by atoms with Crippen molar-refractivity contribution in [2.75, 3.05) is 5.32 Å². The lowest BCUT2D eigenvalue weighted by molar-refractivity contribution is 0.456. The van der Waals surface area contributed by atoms with Crippen molar-refractivity contribution in [2.45, 2.75) is 45.1 Å². The molecule has 1 aliphatic rings. The van der Waals surface area contributed by atoms with Gasteiger partial charge < -0.3 is 5.32 Å². The van der Waals surface area contributed by atoms with E-state index in [4.69, 9.17) is 11.6 Å². The van der Waals surface area contributed by atoms with E-state index < -0.39 is 0 Å². The average molecular weight is 263 g/mol. The van der Waals surface area contributed by atoms with Crippen molar-refractivity contribution in [1.82, 2.24) is 0 Å². The van der Waals surface area contributed by atoms with Crippen LogP contribution in [0.25, 0.3) is 0 Å². The van der Waals surface area contributed by atoms with Crippen LogP contribution < -0.4 is 5.32 Å². The van der Waals surface area contributed by atoms with E-state index in [0.29, 0.717) is 22.5 Å². The molecule has 0 spiro atoms. The van der Waals surface area contributed by atoms with Gasteiger partial charge in [-0.05, 0) is 30.9 Å². The Morgan fingerprint density at radius 3 is 2.83 bits per heavy atom. The fraction of sp³-hybridized carbons (Fsp3) is 0.533. The van der Waals surface area contributed by atoms with Gasteiger partial charge in [0.1, 0.15) is 6.07 Å². The largest absolute Gasteiger partial charge is 0.381 e. The molecule has 1 aliphatic carbocycles. The Kier molecular flexibility index (Phi) is 4.49.